The Kier molecular flexibility index (Phi) is 4.87. The molecule has 0 bridgehead atoms. The molecule has 1 N–H and O–H groups in total. The Bertz CT molecular complexity index is 217. The summed E-state index contributed by atoms with van der Waals surface area (Å²) in [5.41, 5.74) is 0.577. The van der Waals surface area contributed by atoms with Crippen molar-refractivity contribution in [3.63, 3.8) is 0 Å². The van der Waals surface area contributed by atoms with Crippen molar-refractivity contribution in [3.05, 3.63) is 0 Å². The van der Waals surface area contributed by atoms with Crippen LogP contribution in [0.15, 0.2) is 0 Å². The predicted octanol–water partition coefficient (Wildman–Crippen LogP) is 3.36. The van der Waals surface area contributed by atoms with Crippen LogP contribution in [0.25, 0.3) is 0 Å². The lowest BCUT2D eigenvalue weighted by atomic mass is 9.71. The van der Waals surface area contributed by atoms with Gasteiger partial charge in [0.15, 0.2) is 0 Å². The Morgan fingerprint density at radius 3 is 2.59 bits per heavy atom. The molecular formula is C15H29NO. The van der Waals surface area contributed by atoms with Crippen molar-refractivity contribution in [2.45, 2.75) is 64.8 Å². The Morgan fingerprint density at radius 1 is 1.29 bits per heavy atom. The molecule has 1 saturated carbocycles. The maximum absolute atomic E-state index is 5.63. The minimum Gasteiger partial charge on any atom is -0.381 e. The first-order valence-corrected chi connectivity index (χ1v) is 7.63. The van der Waals surface area contributed by atoms with Gasteiger partial charge in [-0.25, -0.2) is 0 Å². The monoisotopic (exact) mass is 239 g/mol. The second-order valence-corrected chi connectivity index (χ2v) is 5.98. The highest BCUT2D eigenvalue weighted by Crippen LogP contribution is 2.47. The van der Waals surface area contributed by atoms with Gasteiger partial charge >= 0.3 is 0 Å². The fraction of sp³-hybridized carbons (Fsp3) is 1.00. The molecule has 2 nitrogen and oxygen atoms in total. The van der Waals surface area contributed by atoms with Crippen LogP contribution in [-0.2, 0) is 4.74 Å². The Balaban J connectivity index is 2.06. The standard InChI is InChI=1S/C15H29NO/c1-3-10-16-14(13-7-11-17-12-13)15(4-2)8-5-6-9-15/h13-14,16H,3-12H2,1-2H3. The topological polar surface area (TPSA) is 21.3 Å². The van der Waals surface area contributed by atoms with Gasteiger partial charge in [-0.2, -0.15) is 0 Å². The SMILES string of the molecule is CCCNC(C1CCOC1)C1(CC)CCCC1. The van der Waals surface area contributed by atoms with Crippen LogP contribution in [0.4, 0.5) is 0 Å². The molecule has 0 aromatic rings. The Morgan fingerprint density at radius 2 is 2.06 bits per heavy atom. The van der Waals surface area contributed by atoms with Gasteiger partial charge in [0.05, 0.1) is 6.61 Å². The van der Waals surface area contributed by atoms with Crippen molar-refractivity contribution in [3.8, 4) is 0 Å². The van der Waals surface area contributed by atoms with E-state index >= 15 is 0 Å². The lowest BCUT2D eigenvalue weighted by molar-refractivity contribution is 0.112. The zero-order chi connectivity index (χ0) is 12.1. The summed E-state index contributed by atoms with van der Waals surface area (Å²) in [5, 5.41) is 3.87. The maximum atomic E-state index is 5.63. The van der Waals surface area contributed by atoms with Gasteiger partial charge in [0, 0.05) is 18.6 Å². The number of hydrogen-bond acceptors (Lipinski definition) is 2. The number of nitrogens with one attached hydrogen (secondary N) is 1. The predicted molar refractivity (Wildman–Crippen MR) is 72.2 cm³/mol. The molecule has 2 rings (SSSR count). The van der Waals surface area contributed by atoms with Crippen molar-refractivity contribution in [2.24, 2.45) is 11.3 Å². The molecule has 1 heterocycles. The van der Waals surface area contributed by atoms with Gasteiger partial charge < -0.3 is 10.1 Å². The van der Waals surface area contributed by atoms with Crippen LogP contribution in [0.2, 0.25) is 0 Å². The molecule has 2 heteroatoms. The minimum absolute atomic E-state index is 0.577. The van der Waals surface area contributed by atoms with Crippen LogP contribution >= 0.6 is 0 Å². The Labute approximate surface area is 107 Å². The zero-order valence-electron chi connectivity index (χ0n) is 11.6. The first kappa shape index (κ1) is 13.4. The highest BCUT2D eigenvalue weighted by Gasteiger charge is 2.43. The van der Waals surface area contributed by atoms with E-state index in [4.69, 9.17) is 4.74 Å². The molecule has 2 atom stereocenters. The number of rotatable bonds is 6. The second-order valence-electron chi connectivity index (χ2n) is 5.98. The third-order valence-corrected chi connectivity index (χ3v) is 5.01. The summed E-state index contributed by atoms with van der Waals surface area (Å²) < 4.78 is 5.63. The highest BCUT2D eigenvalue weighted by atomic mass is 16.5. The van der Waals surface area contributed by atoms with E-state index in [1.165, 1.54) is 51.5 Å². The van der Waals surface area contributed by atoms with Gasteiger partial charge in [-0.05, 0) is 44.1 Å². The summed E-state index contributed by atoms with van der Waals surface area (Å²) in [6.45, 7) is 7.80. The molecule has 2 unspecified atom stereocenters. The average molecular weight is 239 g/mol. The first-order chi connectivity index (χ1) is 8.32. The van der Waals surface area contributed by atoms with E-state index in [0.29, 0.717) is 11.5 Å². The van der Waals surface area contributed by atoms with Crippen LogP contribution in [0.3, 0.4) is 0 Å². The minimum atomic E-state index is 0.577. The van der Waals surface area contributed by atoms with Crippen molar-refractivity contribution in [1.29, 1.82) is 0 Å². The van der Waals surface area contributed by atoms with Gasteiger partial charge in [-0.3, -0.25) is 0 Å². The van der Waals surface area contributed by atoms with Crippen molar-refractivity contribution in [1.82, 2.24) is 5.32 Å². The lowest BCUT2D eigenvalue weighted by Crippen LogP contribution is -2.49. The van der Waals surface area contributed by atoms with E-state index in [-0.39, 0.29) is 0 Å². The van der Waals surface area contributed by atoms with E-state index < -0.39 is 0 Å². The van der Waals surface area contributed by atoms with Crippen LogP contribution in [0, 0.1) is 11.3 Å². The summed E-state index contributed by atoms with van der Waals surface area (Å²) >= 11 is 0. The molecule has 0 radical (unpaired) electrons. The van der Waals surface area contributed by atoms with Gasteiger partial charge in [0.25, 0.3) is 0 Å². The third-order valence-electron chi connectivity index (χ3n) is 5.01. The summed E-state index contributed by atoms with van der Waals surface area (Å²) in [7, 11) is 0. The molecular weight excluding hydrogens is 210 g/mol. The number of ether oxygens (including phenoxy) is 1. The van der Waals surface area contributed by atoms with Crippen LogP contribution < -0.4 is 5.32 Å². The summed E-state index contributed by atoms with van der Waals surface area (Å²) in [6, 6.07) is 0.706. The molecule has 2 aliphatic rings. The van der Waals surface area contributed by atoms with E-state index in [1.807, 2.05) is 0 Å². The van der Waals surface area contributed by atoms with Crippen molar-refractivity contribution in [2.75, 3.05) is 19.8 Å². The molecule has 1 saturated heterocycles. The van der Waals surface area contributed by atoms with Crippen molar-refractivity contribution >= 4 is 0 Å². The molecule has 17 heavy (non-hydrogen) atoms. The molecule has 2 fully saturated rings. The molecule has 0 spiro atoms. The fourth-order valence-corrected chi connectivity index (χ4v) is 3.96. The van der Waals surface area contributed by atoms with E-state index in [2.05, 4.69) is 19.2 Å². The third kappa shape index (κ3) is 2.85. The molecule has 0 aromatic carbocycles. The van der Waals surface area contributed by atoms with Crippen LogP contribution in [0.5, 0.6) is 0 Å². The smallest absolute Gasteiger partial charge is 0.0510 e. The normalized spacial score (nSPS) is 29.6. The van der Waals surface area contributed by atoms with Gasteiger partial charge in [0.1, 0.15) is 0 Å². The van der Waals surface area contributed by atoms with Crippen molar-refractivity contribution < 1.29 is 4.74 Å². The zero-order valence-corrected chi connectivity index (χ0v) is 11.6. The van der Waals surface area contributed by atoms with Gasteiger partial charge in [-0.1, -0.05) is 26.7 Å². The quantitative estimate of drug-likeness (QED) is 0.767. The van der Waals surface area contributed by atoms with E-state index in [9.17, 15) is 0 Å². The fourth-order valence-electron chi connectivity index (χ4n) is 3.96. The molecule has 100 valence electrons. The van der Waals surface area contributed by atoms with Crippen LogP contribution in [0.1, 0.15) is 58.8 Å². The molecule has 0 amide bonds. The maximum Gasteiger partial charge on any atom is 0.0510 e. The van der Waals surface area contributed by atoms with Crippen LogP contribution in [-0.4, -0.2) is 25.8 Å². The Hall–Kier alpha value is -0.0800. The summed E-state index contributed by atoms with van der Waals surface area (Å²) in [6.07, 6.45) is 9.58. The molecule has 1 aliphatic carbocycles. The lowest BCUT2D eigenvalue weighted by Gasteiger charge is -2.41. The highest BCUT2D eigenvalue weighted by molar-refractivity contribution is 4.98. The average Bonchev–Trinajstić information content (AvgIpc) is 3.01. The molecule has 1 aliphatic heterocycles. The molecule has 0 aromatic heterocycles. The first-order valence-electron chi connectivity index (χ1n) is 7.63. The van der Waals surface area contributed by atoms with E-state index in [1.54, 1.807) is 0 Å². The second kappa shape index (κ2) is 6.19. The largest absolute Gasteiger partial charge is 0.381 e. The number of hydrogen-bond donors (Lipinski definition) is 1. The summed E-state index contributed by atoms with van der Waals surface area (Å²) in [4.78, 5) is 0. The van der Waals surface area contributed by atoms with Gasteiger partial charge in [-0.15, -0.1) is 0 Å². The van der Waals surface area contributed by atoms with Gasteiger partial charge in [0.2, 0.25) is 0 Å². The summed E-state index contributed by atoms with van der Waals surface area (Å²) in [5.74, 6) is 0.764. The van der Waals surface area contributed by atoms with E-state index in [0.717, 1.165) is 19.1 Å².